The van der Waals surface area contributed by atoms with Crippen molar-refractivity contribution in [3.05, 3.63) is 36.0 Å². The van der Waals surface area contributed by atoms with Crippen molar-refractivity contribution in [2.45, 2.75) is 26.7 Å². The Morgan fingerprint density at radius 1 is 1.21 bits per heavy atom. The van der Waals surface area contributed by atoms with Gasteiger partial charge in [-0.15, -0.1) is 5.10 Å². The van der Waals surface area contributed by atoms with Gasteiger partial charge in [0.2, 0.25) is 5.95 Å². The number of carbonyl (C=O) groups is 1. The minimum absolute atomic E-state index is 0.348. The van der Waals surface area contributed by atoms with Crippen molar-refractivity contribution in [2.24, 2.45) is 0 Å². The Kier molecular flexibility index (Phi) is 6.48. The minimum atomic E-state index is -0.416. The second kappa shape index (κ2) is 8.81. The number of nitrogens with zero attached hydrogens (tertiary/aromatic N) is 4. The highest BCUT2D eigenvalue weighted by atomic mass is 16.5. The quantitative estimate of drug-likeness (QED) is 0.746. The molecule has 7 heteroatoms. The number of rotatable bonds is 8. The number of aromatic nitrogens is 3. The van der Waals surface area contributed by atoms with Crippen LogP contribution >= 0.6 is 0 Å². The van der Waals surface area contributed by atoms with E-state index in [4.69, 9.17) is 4.74 Å². The lowest BCUT2D eigenvalue weighted by Crippen LogP contribution is -2.26. The molecule has 1 aromatic heterocycles. The van der Waals surface area contributed by atoms with Crippen molar-refractivity contribution in [3.63, 3.8) is 0 Å². The lowest BCUT2D eigenvalue weighted by Gasteiger charge is -2.22. The van der Waals surface area contributed by atoms with Crippen LogP contribution in [0, 0.1) is 0 Å². The molecule has 0 bridgehead atoms. The van der Waals surface area contributed by atoms with Crippen LogP contribution < -0.4 is 10.2 Å². The Morgan fingerprint density at radius 2 is 1.92 bits per heavy atom. The molecule has 1 aromatic carbocycles. The van der Waals surface area contributed by atoms with Gasteiger partial charge in [0, 0.05) is 13.1 Å². The Bertz CT molecular complexity index is 672. The van der Waals surface area contributed by atoms with Gasteiger partial charge >= 0.3 is 5.97 Å². The molecule has 1 N–H and O–H groups in total. The monoisotopic (exact) mass is 329 g/mol. The number of anilines is 3. The molecule has 1 heterocycles. The van der Waals surface area contributed by atoms with Crippen LogP contribution in [0.15, 0.2) is 30.5 Å². The smallest absolute Gasteiger partial charge is 0.339 e. The summed E-state index contributed by atoms with van der Waals surface area (Å²) in [4.78, 5) is 18.5. The third-order valence-corrected chi connectivity index (χ3v) is 3.44. The zero-order valence-corrected chi connectivity index (χ0v) is 14.3. The highest BCUT2D eigenvalue weighted by Gasteiger charge is 2.13. The molecule has 2 aromatic rings. The molecule has 0 aliphatic carbocycles. The molecule has 0 amide bonds. The summed E-state index contributed by atoms with van der Waals surface area (Å²) in [5.41, 5.74) is 1.01. The summed E-state index contributed by atoms with van der Waals surface area (Å²) in [6.45, 7) is 6.07. The maximum absolute atomic E-state index is 11.8. The Hall–Kier alpha value is -2.70. The second-order valence-corrected chi connectivity index (χ2v) is 5.29. The van der Waals surface area contributed by atoms with E-state index in [1.54, 1.807) is 24.4 Å². The van der Waals surface area contributed by atoms with E-state index in [1.165, 1.54) is 7.11 Å². The van der Waals surface area contributed by atoms with E-state index in [0.29, 0.717) is 17.2 Å². The Balaban J connectivity index is 2.25. The Labute approximate surface area is 142 Å². The molecule has 0 spiro atoms. The first-order valence-electron chi connectivity index (χ1n) is 8.08. The van der Waals surface area contributed by atoms with Gasteiger partial charge < -0.3 is 15.0 Å². The van der Waals surface area contributed by atoms with Gasteiger partial charge in [-0.2, -0.15) is 10.1 Å². The van der Waals surface area contributed by atoms with E-state index >= 15 is 0 Å². The zero-order valence-electron chi connectivity index (χ0n) is 14.3. The average Bonchev–Trinajstić information content (AvgIpc) is 2.61. The van der Waals surface area contributed by atoms with Crippen LogP contribution in [0.5, 0.6) is 0 Å². The number of methoxy groups -OCH3 is 1. The zero-order chi connectivity index (χ0) is 17.4. The van der Waals surface area contributed by atoms with E-state index in [-0.39, 0.29) is 0 Å². The topological polar surface area (TPSA) is 80.2 Å². The predicted molar refractivity (Wildman–Crippen MR) is 93.7 cm³/mol. The summed E-state index contributed by atoms with van der Waals surface area (Å²) in [6, 6.07) is 7.06. The SMILES string of the molecule is CCCN(CCC)c1cnnc(Nc2ccccc2C(=O)OC)n1. The van der Waals surface area contributed by atoms with Gasteiger partial charge in [-0.3, -0.25) is 0 Å². The molecule has 0 saturated carbocycles. The fourth-order valence-electron chi connectivity index (χ4n) is 2.38. The highest BCUT2D eigenvalue weighted by molar-refractivity contribution is 5.96. The van der Waals surface area contributed by atoms with Gasteiger partial charge in [0.25, 0.3) is 0 Å². The number of hydrogen-bond donors (Lipinski definition) is 1. The lowest BCUT2D eigenvalue weighted by atomic mass is 10.2. The van der Waals surface area contributed by atoms with Crippen LogP contribution in [0.25, 0.3) is 0 Å². The number of carbonyl (C=O) groups excluding carboxylic acids is 1. The maximum atomic E-state index is 11.8. The number of hydrogen-bond acceptors (Lipinski definition) is 7. The molecule has 24 heavy (non-hydrogen) atoms. The van der Waals surface area contributed by atoms with Crippen molar-refractivity contribution in [1.29, 1.82) is 0 Å². The summed E-state index contributed by atoms with van der Waals surface area (Å²) >= 11 is 0. The molecule has 0 saturated heterocycles. The summed E-state index contributed by atoms with van der Waals surface area (Å²) in [6.07, 6.45) is 3.71. The number of benzene rings is 1. The summed E-state index contributed by atoms with van der Waals surface area (Å²) < 4.78 is 4.80. The van der Waals surface area contributed by atoms with Crippen LogP contribution in [0.2, 0.25) is 0 Å². The number of nitrogens with one attached hydrogen (secondary N) is 1. The van der Waals surface area contributed by atoms with Gasteiger partial charge in [0.1, 0.15) is 0 Å². The molecule has 128 valence electrons. The van der Waals surface area contributed by atoms with E-state index in [1.807, 2.05) is 6.07 Å². The number of esters is 1. The maximum Gasteiger partial charge on any atom is 0.339 e. The molecule has 0 aliphatic rings. The van der Waals surface area contributed by atoms with Gasteiger partial charge in [0.05, 0.1) is 24.6 Å². The van der Waals surface area contributed by atoms with Crippen molar-refractivity contribution in [2.75, 3.05) is 30.4 Å². The number of ether oxygens (including phenoxy) is 1. The van der Waals surface area contributed by atoms with Crippen LogP contribution in [-0.2, 0) is 4.74 Å². The van der Waals surface area contributed by atoms with Gasteiger partial charge in [-0.05, 0) is 25.0 Å². The molecule has 0 unspecified atom stereocenters. The molecular formula is C17H23N5O2. The Morgan fingerprint density at radius 3 is 2.58 bits per heavy atom. The summed E-state index contributed by atoms with van der Waals surface area (Å²) in [5.74, 6) is 0.702. The first kappa shape index (κ1) is 17.7. The molecule has 2 rings (SSSR count). The highest BCUT2D eigenvalue weighted by Crippen LogP contribution is 2.20. The molecule has 0 fully saturated rings. The predicted octanol–water partition coefficient (Wildman–Crippen LogP) is 3.03. The van der Waals surface area contributed by atoms with E-state index in [2.05, 4.69) is 39.2 Å². The standard InChI is InChI=1S/C17H23N5O2/c1-4-10-22(11-5-2)15-12-18-21-17(20-15)19-14-9-7-6-8-13(14)16(23)24-3/h6-9,12H,4-5,10-11H2,1-3H3,(H,19,20,21). The molecule has 7 nitrogen and oxygen atoms in total. The van der Waals surface area contributed by atoms with Crippen LogP contribution in [0.3, 0.4) is 0 Å². The normalized spacial score (nSPS) is 10.3. The van der Waals surface area contributed by atoms with Crippen LogP contribution in [0.1, 0.15) is 37.0 Å². The largest absolute Gasteiger partial charge is 0.465 e. The molecular weight excluding hydrogens is 306 g/mol. The summed E-state index contributed by atoms with van der Waals surface area (Å²) in [7, 11) is 1.35. The van der Waals surface area contributed by atoms with E-state index in [9.17, 15) is 4.79 Å². The minimum Gasteiger partial charge on any atom is -0.465 e. The first-order chi connectivity index (χ1) is 11.7. The molecule has 0 radical (unpaired) electrons. The van der Waals surface area contributed by atoms with E-state index < -0.39 is 5.97 Å². The van der Waals surface area contributed by atoms with Crippen molar-refractivity contribution < 1.29 is 9.53 Å². The van der Waals surface area contributed by atoms with Crippen LogP contribution in [-0.4, -0.2) is 41.3 Å². The van der Waals surface area contributed by atoms with Gasteiger partial charge in [-0.1, -0.05) is 26.0 Å². The fraction of sp³-hybridized carbons (Fsp3) is 0.412. The van der Waals surface area contributed by atoms with Crippen LogP contribution in [0.4, 0.5) is 17.5 Å². The molecule has 0 aliphatic heterocycles. The lowest BCUT2D eigenvalue weighted by molar-refractivity contribution is 0.0602. The third kappa shape index (κ3) is 4.41. The second-order valence-electron chi connectivity index (χ2n) is 5.29. The number of para-hydroxylation sites is 1. The van der Waals surface area contributed by atoms with Crippen molar-refractivity contribution in [1.82, 2.24) is 15.2 Å². The fourth-order valence-corrected chi connectivity index (χ4v) is 2.38. The first-order valence-corrected chi connectivity index (χ1v) is 8.08. The summed E-state index contributed by atoms with van der Waals surface area (Å²) in [5, 5.41) is 11.1. The van der Waals surface area contributed by atoms with Crippen molar-refractivity contribution in [3.8, 4) is 0 Å². The molecule has 0 atom stereocenters. The van der Waals surface area contributed by atoms with Crippen molar-refractivity contribution >= 4 is 23.4 Å². The average molecular weight is 329 g/mol. The van der Waals surface area contributed by atoms with Gasteiger partial charge in [0.15, 0.2) is 5.82 Å². The van der Waals surface area contributed by atoms with Gasteiger partial charge in [-0.25, -0.2) is 4.79 Å². The van der Waals surface area contributed by atoms with E-state index in [0.717, 1.165) is 31.7 Å². The third-order valence-electron chi connectivity index (χ3n) is 3.44.